The van der Waals surface area contributed by atoms with E-state index in [1.54, 1.807) is 4.90 Å². The first kappa shape index (κ1) is 33.3. The lowest BCUT2D eigenvalue weighted by atomic mass is 9.66. The molecule has 3 amide bonds. The number of tetrazole rings is 1. The minimum atomic E-state index is -0.879. The zero-order chi connectivity index (χ0) is 33.7. The highest BCUT2D eigenvalue weighted by Gasteiger charge is 2.47. The summed E-state index contributed by atoms with van der Waals surface area (Å²) in [5.41, 5.74) is 4.32. The van der Waals surface area contributed by atoms with Crippen molar-refractivity contribution in [1.29, 1.82) is 5.26 Å². The van der Waals surface area contributed by atoms with Gasteiger partial charge in [0, 0.05) is 36.8 Å². The Morgan fingerprint density at radius 3 is 2.12 bits per heavy atom. The van der Waals surface area contributed by atoms with Crippen LogP contribution in [0.3, 0.4) is 0 Å². The Morgan fingerprint density at radius 2 is 1.58 bits per heavy atom. The SMILES string of the molecule is CCNC(=O)c1ccc2c(c1)CCc1cc(C(=O)NCC)ccc1C2(C[C@@H](NCC(=O)N1CCCC1C#N)C1CCCC1)c1nnn[nH]1. The van der Waals surface area contributed by atoms with Gasteiger partial charge >= 0.3 is 0 Å². The molecule has 1 saturated carbocycles. The van der Waals surface area contributed by atoms with Crippen LogP contribution in [0.1, 0.15) is 108 Å². The molecule has 252 valence electrons. The third kappa shape index (κ3) is 6.43. The Labute approximate surface area is 281 Å². The molecule has 12 heteroatoms. The fourth-order valence-corrected chi connectivity index (χ4v) is 8.18. The number of fused-ring (bicyclic) bond motifs is 2. The van der Waals surface area contributed by atoms with Crippen molar-refractivity contribution < 1.29 is 14.4 Å². The van der Waals surface area contributed by atoms with Gasteiger partial charge in [0.05, 0.1) is 18.0 Å². The molecule has 3 aliphatic rings. The topological polar surface area (TPSA) is 169 Å². The van der Waals surface area contributed by atoms with Gasteiger partial charge in [0.2, 0.25) is 5.91 Å². The quantitative estimate of drug-likeness (QED) is 0.245. The van der Waals surface area contributed by atoms with Crippen LogP contribution in [0.25, 0.3) is 0 Å². The van der Waals surface area contributed by atoms with E-state index in [4.69, 9.17) is 0 Å². The van der Waals surface area contributed by atoms with Crippen molar-refractivity contribution in [2.24, 2.45) is 5.92 Å². The van der Waals surface area contributed by atoms with E-state index < -0.39 is 5.41 Å². The Morgan fingerprint density at radius 1 is 0.958 bits per heavy atom. The van der Waals surface area contributed by atoms with Crippen molar-refractivity contribution in [3.05, 3.63) is 75.6 Å². The molecule has 4 N–H and O–H groups in total. The maximum Gasteiger partial charge on any atom is 0.251 e. The highest BCUT2D eigenvalue weighted by Crippen LogP contribution is 2.48. The van der Waals surface area contributed by atoms with Crippen LogP contribution in [0, 0.1) is 17.2 Å². The number of hydrogen-bond donors (Lipinski definition) is 4. The van der Waals surface area contributed by atoms with Gasteiger partial charge in [-0.2, -0.15) is 5.26 Å². The van der Waals surface area contributed by atoms with Crippen LogP contribution in [-0.4, -0.2) is 81.5 Å². The summed E-state index contributed by atoms with van der Waals surface area (Å²) in [6.45, 7) is 5.59. The summed E-state index contributed by atoms with van der Waals surface area (Å²) < 4.78 is 0. The Kier molecular flexibility index (Phi) is 10.2. The molecule has 2 fully saturated rings. The van der Waals surface area contributed by atoms with E-state index in [9.17, 15) is 19.6 Å². The number of carbonyl (C=O) groups excluding carboxylic acids is 3. The minimum absolute atomic E-state index is 0.0581. The van der Waals surface area contributed by atoms with Gasteiger partial charge in [-0.3, -0.25) is 14.4 Å². The molecule has 1 aromatic heterocycles. The Hall–Kier alpha value is -4.63. The van der Waals surface area contributed by atoms with Crippen molar-refractivity contribution in [2.45, 2.75) is 89.1 Å². The van der Waals surface area contributed by atoms with Crippen molar-refractivity contribution in [3.63, 3.8) is 0 Å². The molecule has 1 unspecified atom stereocenters. The van der Waals surface area contributed by atoms with Crippen LogP contribution < -0.4 is 16.0 Å². The number of amides is 3. The maximum atomic E-state index is 13.5. The third-order valence-electron chi connectivity index (χ3n) is 10.5. The van der Waals surface area contributed by atoms with Gasteiger partial charge in [-0.05, 0) is 122 Å². The van der Waals surface area contributed by atoms with Crippen LogP contribution in [-0.2, 0) is 23.1 Å². The smallest absolute Gasteiger partial charge is 0.251 e. The average molecular weight is 652 g/mol. The fourth-order valence-electron chi connectivity index (χ4n) is 8.18. The molecule has 3 aromatic rings. The number of nitrogens with zero attached hydrogens (tertiary/aromatic N) is 5. The second-order valence-corrected chi connectivity index (χ2v) is 13.2. The summed E-state index contributed by atoms with van der Waals surface area (Å²) >= 11 is 0. The first-order valence-electron chi connectivity index (χ1n) is 17.4. The first-order chi connectivity index (χ1) is 23.4. The number of aromatic amines is 1. The molecule has 0 bridgehead atoms. The van der Waals surface area contributed by atoms with Crippen LogP contribution in [0.2, 0.25) is 0 Å². The van der Waals surface area contributed by atoms with Crippen LogP contribution >= 0.6 is 0 Å². The lowest BCUT2D eigenvalue weighted by Gasteiger charge is -2.39. The Balaban J connectivity index is 1.48. The zero-order valence-electron chi connectivity index (χ0n) is 27.8. The molecule has 1 saturated heterocycles. The van der Waals surface area contributed by atoms with Gasteiger partial charge in [-0.25, -0.2) is 5.10 Å². The van der Waals surface area contributed by atoms with Crippen LogP contribution in [0.4, 0.5) is 0 Å². The van der Waals surface area contributed by atoms with E-state index in [1.807, 2.05) is 50.2 Å². The van der Waals surface area contributed by atoms with E-state index in [0.717, 1.165) is 54.4 Å². The second-order valence-electron chi connectivity index (χ2n) is 13.2. The zero-order valence-corrected chi connectivity index (χ0v) is 27.8. The van der Waals surface area contributed by atoms with Crippen LogP contribution in [0.15, 0.2) is 36.4 Å². The van der Waals surface area contributed by atoms with Crippen molar-refractivity contribution >= 4 is 17.7 Å². The lowest BCUT2D eigenvalue weighted by molar-refractivity contribution is -0.130. The minimum Gasteiger partial charge on any atom is -0.352 e. The molecule has 2 aliphatic carbocycles. The molecular formula is C36H45N9O3. The molecule has 0 radical (unpaired) electrons. The highest BCUT2D eigenvalue weighted by atomic mass is 16.2. The predicted molar refractivity (Wildman–Crippen MR) is 179 cm³/mol. The molecule has 48 heavy (non-hydrogen) atoms. The third-order valence-corrected chi connectivity index (χ3v) is 10.5. The van der Waals surface area contributed by atoms with Gasteiger partial charge in [-0.1, -0.05) is 25.0 Å². The Bertz CT molecular complexity index is 1610. The molecule has 2 aromatic carbocycles. The van der Waals surface area contributed by atoms with E-state index in [0.29, 0.717) is 68.2 Å². The average Bonchev–Trinajstić information content (AvgIpc) is 3.91. The number of carbonyl (C=O) groups is 3. The number of nitrogens with one attached hydrogen (secondary N) is 4. The number of H-pyrrole nitrogens is 1. The molecule has 0 spiro atoms. The molecule has 2 atom stereocenters. The summed E-state index contributed by atoms with van der Waals surface area (Å²) in [5, 5.41) is 34.9. The number of aromatic nitrogens is 4. The summed E-state index contributed by atoms with van der Waals surface area (Å²) in [5.74, 6) is 0.569. The molecule has 2 heterocycles. The highest BCUT2D eigenvalue weighted by molar-refractivity contribution is 5.95. The van der Waals surface area contributed by atoms with Gasteiger partial charge in [-0.15, -0.1) is 5.10 Å². The molecule has 6 rings (SSSR count). The van der Waals surface area contributed by atoms with Gasteiger partial charge < -0.3 is 20.9 Å². The van der Waals surface area contributed by atoms with Crippen molar-refractivity contribution in [2.75, 3.05) is 26.2 Å². The monoisotopic (exact) mass is 651 g/mol. The van der Waals surface area contributed by atoms with Crippen molar-refractivity contribution in [3.8, 4) is 6.07 Å². The van der Waals surface area contributed by atoms with Crippen LogP contribution in [0.5, 0.6) is 0 Å². The predicted octanol–water partition coefficient (Wildman–Crippen LogP) is 3.19. The summed E-state index contributed by atoms with van der Waals surface area (Å²) in [7, 11) is 0. The first-order valence-corrected chi connectivity index (χ1v) is 17.4. The molecule has 12 nitrogen and oxygen atoms in total. The number of rotatable bonds is 11. The second kappa shape index (κ2) is 14.6. The number of benzene rings is 2. The van der Waals surface area contributed by atoms with Gasteiger partial charge in [0.25, 0.3) is 11.8 Å². The number of likely N-dealkylation sites (tertiary alicyclic amines) is 1. The van der Waals surface area contributed by atoms with Gasteiger partial charge in [0.15, 0.2) is 5.82 Å². The number of aryl methyl sites for hydroxylation is 2. The largest absolute Gasteiger partial charge is 0.352 e. The lowest BCUT2D eigenvalue weighted by Crippen LogP contribution is -2.48. The normalized spacial score (nSPS) is 19.1. The summed E-state index contributed by atoms with van der Waals surface area (Å²) in [6, 6.07) is 13.6. The maximum absolute atomic E-state index is 13.5. The number of nitriles is 1. The fraction of sp³-hybridized carbons (Fsp3) is 0.528. The molecular weight excluding hydrogens is 606 g/mol. The summed E-state index contributed by atoms with van der Waals surface area (Å²) in [4.78, 5) is 41.2. The standard InChI is InChI=1S/C36H45N9O3/c1-3-38-33(47)26-13-15-29-24(18-26)11-12-25-19-27(34(48)39-4-2)14-16-30(25)36(29,35-41-43-44-42-35)20-31(23-8-5-6-9-23)40-22-32(46)45-17-7-10-28(45)21-37/h13-16,18-19,23,28,31,40H,3-12,17,20,22H2,1-2H3,(H,38,47)(H,39,48)(H,41,42,43,44)/t28?,31-/m1/s1. The van der Waals surface area contributed by atoms with E-state index in [-0.39, 0.29) is 36.3 Å². The summed E-state index contributed by atoms with van der Waals surface area (Å²) in [6.07, 6.45) is 7.71. The van der Waals surface area contributed by atoms with Gasteiger partial charge in [0.1, 0.15) is 6.04 Å². The number of hydrogen-bond acceptors (Lipinski definition) is 8. The van der Waals surface area contributed by atoms with Crippen molar-refractivity contribution in [1.82, 2.24) is 41.5 Å². The van der Waals surface area contributed by atoms with E-state index >= 15 is 0 Å². The van der Waals surface area contributed by atoms with E-state index in [1.165, 1.54) is 0 Å². The molecule has 1 aliphatic heterocycles. The van der Waals surface area contributed by atoms with E-state index in [2.05, 4.69) is 42.6 Å².